The highest BCUT2D eigenvalue weighted by Gasteiger charge is 2.15. The van der Waals surface area contributed by atoms with Crippen LogP contribution in [0.4, 0.5) is 5.82 Å². The first kappa shape index (κ1) is 13.5. The van der Waals surface area contributed by atoms with E-state index in [1.165, 1.54) is 0 Å². The zero-order chi connectivity index (χ0) is 15.1. The molecule has 110 valence electrons. The standard InChI is InChI=1S/C14H19N7/c1-7-6-12(16-10(4)13-17-11(5)18-19-13)21-14(15-7)8(2)9(3)20-21/h6,10,16H,1-5H3,(H,17,18,19)/t10-/m0/s1. The van der Waals surface area contributed by atoms with Gasteiger partial charge in [0, 0.05) is 17.3 Å². The van der Waals surface area contributed by atoms with Crippen molar-refractivity contribution in [1.29, 1.82) is 0 Å². The van der Waals surface area contributed by atoms with Crippen LogP contribution in [-0.2, 0) is 0 Å². The average Bonchev–Trinajstić information content (AvgIpc) is 2.97. The lowest BCUT2D eigenvalue weighted by Gasteiger charge is -2.13. The van der Waals surface area contributed by atoms with Crippen molar-refractivity contribution in [3.05, 3.63) is 34.7 Å². The second-order valence-electron chi connectivity index (χ2n) is 5.37. The zero-order valence-electron chi connectivity index (χ0n) is 12.9. The first-order chi connectivity index (χ1) is 9.95. The van der Waals surface area contributed by atoms with Crippen molar-refractivity contribution in [2.24, 2.45) is 0 Å². The van der Waals surface area contributed by atoms with Gasteiger partial charge in [0.25, 0.3) is 0 Å². The van der Waals surface area contributed by atoms with Crippen LogP contribution in [0.5, 0.6) is 0 Å². The number of anilines is 1. The van der Waals surface area contributed by atoms with Gasteiger partial charge in [0.05, 0.1) is 11.7 Å². The van der Waals surface area contributed by atoms with E-state index >= 15 is 0 Å². The quantitative estimate of drug-likeness (QED) is 0.771. The van der Waals surface area contributed by atoms with Crippen LogP contribution < -0.4 is 5.32 Å². The number of aromatic nitrogens is 6. The molecule has 0 aliphatic heterocycles. The Morgan fingerprint density at radius 3 is 2.62 bits per heavy atom. The molecule has 0 radical (unpaired) electrons. The van der Waals surface area contributed by atoms with Crippen molar-refractivity contribution in [3.63, 3.8) is 0 Å². The molecule has 0 bridgehead atoms. The highest BCUT2D eigenvalue weighted by molar-refractivity contribution is 5.56. The van der Waals surface area contributed by atoms with Crippen molar-refractivity contribution in [2.45, 2.75) is 40.7 Å². The molecule has 3 rings (SSSR count). The average molecular weight is 285 g/mol. The number of aromatic amines is 1. The molecule has 0 spiro atoms. The van der Waals surface area contributed by atoms with Crippen LogP contribution in [0.1, 0.15) is 41.6 Å². The Bertz CT molecular complexity index is 799. The summed E-state index contributed by atoms with van der Waals surface area (Å²) in [6.07, 6.45) is 0. The second-order valence-corrected chi connectivity index (χ2v) is 5.37. The third-order valence-corrected chi connectivity index (χ3v) is 3.55. The number of nitrogens with zero attached hydrogens (tertiary/aromatic N) is 5. The molecule has 0 aromatic carbocycles. The number of H-pyrrole nitrogens is 1. The van der Waals surface area contributed by atoms with E-state index in [0.29, 0.717) is 0 Å². The number of hydrogen-bond acceptors (Lipinski definition) is 5. The molecule has 0 saturated carbocycles. The minimum atomic E-state index is -0.0234. The maximum absolute atomic E-state index is 4.56. The van der Waals surface area contributed by atoms with Crippen LogP contribution in [0.15, 0.2) is 6.07 Å². The molecule has 0 saturated heterocycles. The van der Waals surface area contributed by atoms with Gasteiger partial charge in [0.15, 0.2) is 11.5 Å². The topological polar surface area (TPSA) is 83.8 Å². The van der Waals surface area contributed by atoms with Crippen molar-refractivity contribution in [2.75, 3.05) is 5.32 Å². The summed E-state index contributed by atoms with van der Waals surface area (Å²) < 4.78 is 1.84. The van der Waals surface area contributed by atoms with Crippen LogP contribution in [0.3, 0.4) is 0 Å². The van der Waals surface area contributed by atoms with E-state index in [9.17, 15) is 0 Å². The van der Waals surface area contributed by atoms with Crippen LogP contribution in [-0.4, -0.2) is 29.8 Å². The summed E-state index contributed by atoms with van der Waals surface area (Å²) >= 11 is 0. The molecule has 2 N–H and O–H groups in total. The zero-order valence-corrected chi connectivity index (χ0v) is 12.9. The smallest absolute Gasteiger partial charge is 0.172 e. The molecular formula is C14H19N7. The van der Waals surface area contributed by atoms with Gasteiger partial charge in [-0.3, -0.25) is 5.10 Å². The van der Waals surface area contributed by atoms with Gasteiger partial charge >= 0.3 is 0 Å². The normalized spacial score (nSPS) is 12.8. The van der Waals surface area contributed by atoms with E-state index < -0.39 is 0 Å². The Kier molecular flexibility index (Phi) is 3.12. The Balaban J connectivity index is 2.02. The van der Waals surface area contributed by atoms with E-state index in [1.54, 1.807) is 0 Å². The molecular weight excluding hydrogens is 266 g/mol. The molecule has 7 heteroatoms. The summed E-state index contributed by atoms with van der Waals surface area (Å²) in [5.41, 5.74) is 3.92. The molecule has 3 aromatic heterocycles. The Morgan fingerprint density at radius 1 is 1.19 bits per heavy atom. The number of aryl methyl sites for hydroxylation is 4. The first-order valence-corrected chi connectivity index (χ1v) is 6.94. The minimum Gasteiger partial charge on any atom is -0.360 e. The fraction of sp³-hybridized carbons (Fsp3) is 0.429. The van der Waals surface area contributed by atoms with Crippen molar-refractivity contribution in [1.82, 2.24) is 29.8 Å². The molecule has 0 amide bonds. The molecule has 0 fully saturated rings. The number of fused-ring (bicyclic) bond motifs is 1. The van der Waals surface area contributed by atoms with E-state index in [4.69, 9.17) is 0 Å². The van der Waals surface area contributed by atoms with Crippen LogP contribution in [0, 0.1) is 27.7 Å². The van der Waals surface area contributed by atoms with Gasteiger partial charge in [-0.25, -0.2) is 9.97 Å². The lowest BCUT2D eigenvalue weighted by atomic mass is 10.3. The van der Waals surface area contributed by atoms with Gasteiger partial charge in [0.2, 0.25) is 0 Å². The summed E-state index contributed by atoms with van der Waals surface area (Å²) in [5.74, 6) is 2.43. The summed E-state index contributed by atoms with van der Waals surface area (Å²) in [6, 6.07) is 1.96. The van der Waals surface area contributed by atoms with E-state index in [0.717, 1.165) is 40.1 Å². The second kappa shape index (κ2) is 4.83. The third-order valence-electron chi connectivity index (χ3n) is 3.55. The largest absolute Gasteiger partial charge is 0.360 e. The molecule has 21 heavy (non-hydrogen) atoms. The van der Waals surface area contributed by atoms with E-state index in [1.807, 2.05) is 45.2 Å². The molecule has 1 atom stereocenters. The maximum atomic E-state index is 4.56. The molecule has 3 aromatic rings. The SMILES string of the molecule is Cc1cc(N[C@@H](C)c2n[nH]c(C)n2)n2nc(C)c(C)c2n1. The highest BCUT2D eigenvalue weighted by Crippen LogP contribution is 2.21. The number of nitrogens with one attached hydrogen (secondary N) is 2. The van der Waals surface area contributed by atoms with Gasteiger partial charge in [-0.1, -0.05) is 0 Å². The fourth-order valence-electron chi connectivity index (χ4n) is 2.29. The van der Waals surface area contributed by atoms with Crippen LogP contribution in [0.2, 0.25) is 0 Å². The summed E-state index contributed by atoms with van der Waals surface area (Å²) in [6.45, 7) is 9.92. The van der Waals surface area contributed by atoms with Gasteiger partial charge < -0.3 is 5.32 Å². The highest BCUT2D eigenvalue weighted by atomic mass is 15.3. The van der Waals surface area contributed by atoms with E-state index in [2.05, 4.69) is 30.6 Å². The Hall–Kier alpha value is -2.44. The van der Waals surface area contributed by atoms with Gasteiger partial charge in [-0.2, -0.15) is 14.7 Å². The number of hydrogen-bond donors (Lipinski definition) is 2. The maximum Gasteiger partial charge on any atom is 0.172 e. The Morgan fingerprint density at radius 2 is 1.95 bits per heavy atom. The van der Waals surface area contributed by atoms with Gasteiger partial charge in [-0.05, 0) is 34.6 Å². The minimum absolute atomic E-state index is 0.0234. The first-order valence-electron chi connectivity index (χ1n) is 6.94. The monoisotopic (exact) mass is 285 g/mol. The van der Waals surface area contributed by atoms with E-state index in [-0.39, 0.29) is 6.04 Å². The molecule has 7 nitrogen and oxygen atoms in total. The van der Waals surface area contributed by atoms with Crippen LogP contribution >= 0.6 is 0 Å². The molecule has 3 heterocycles. The van der Waals surface area contributed by atoms with Gasteiger partial charge in [0.1, 0.15) is 11.6 Å². The molecule has 0 aliphatic carbocycles. The summed E-state index contributed by atoms with van der Waals surface area (Å²) in [7, 11) is 0. The predicted molar refractivity (Wildman–Crippen MR) is 80.4 cm³/mol. The third kappa shape index (κ3) is 2.35. The molecule has 0 aliphatic rings. The fourth-order valence-corrected chi connectivity index (χ4v) is 2.29. The summed E-state index contributed by atoms with van der Waals surface area (Å²) in [4.78, 5) is 8.92. The summed E-state index contributed by atoms with van der Waals surface area (Å²) in [5, 5.41) is 15.0. The lowest BCUT2D eigenvalue weighted by Crippen LogP contribution is -2.12. The Labute approximate surface area is 122 Å². The lowest BCUT2D eigenvalue weighted by molar-refractivity contribution is 0.774. The predicted octanol–water partition coefficient (Wildman–Crippen LogP) is 2.25. The molecule has 0 unspecified atom stereocenters. The van der Waals surface area contributed by atoms with Crippen LogP contribution in [0.25, 0.3) is 5.65 Å². The van der Waals surface area contributed by atoms with Crippen molar-refractivity contribution >= 4 is 11.5 Å². The van der Waals surface area contributed by atoms with Crippen molar-refractivity contribution in [3.8, 4) is 0 Å². The number of rotatable bonds is 3. The van der Waals surface area contributed by atoms with Gasteiger partial charge in [-0.15, -0.1) is 0 Å². The van der Waals surface area contributed by atoms with Crippen molar-refractivity contribution < 1.29 is 0 Å².